The van der Waals surface area contributed by atoms with Crippen LogP contribution in [0, 0.1) is 25.2 Å². The standard InChI is InChI=1S/C18H30N2/c1-13-8-9-16(14(2)11-13)20(5)12-15-7-6-10-18(3,4)17(15)19/h8-9,11,15,17H,6-7,10,12,19H2,1-5H3. The highest BCUT2D eigenvalue weighted by atomic mass is 15.1. The van der Waals surface area contributed by atoms with Crippen molar-refractivity contribution in [3.05, 3.63) is 29.3 Å². The van der Waals surface area contributed by atoms with E-state index in [-0.39, 0.29) is 5.41 Å². The highest BCUT2D eigenvalue weighted by Gasteiger charge is 2.36. The van der Waals surface area contributed by atoms with Crippen LogP contribution >= 0.6 is 0 Å². The molecule has 1 aliphatic carbocycles. The molecule has 1 fully saturated rings. The van der Waals surface area contributed by atoms with Gasteiger partial charge in [-0.25, -0.2) is 0 Å². The average molecular weight is 274 g/mol. The first-order valence-electron chi connectivity index (χ1n) is 7.85. The molecule has 0 spiro atoms. The summed E-state index contributed by atoms with van der Waals surface area (Å²) in [6.07, 6.45) is 3.84. The van der Waals surface area contributed by atoms with Crippen LogP contribution in [0.5, 0.6) is 0 Å². The summed E-state index contributed by atoms with van der Waals surface area (Å²) in [5.41, 5.74) is 10.8. The summed E-state index contributed by atoms with van der Waals surface area (Å²) in [7, 11) is 2.20. The second kappa shape index (κ2) is 5.77. The number of benzene rings is 1. The summed E-state index contributed by atoms with van der Waals surface area (Å²) in [6, 6.07) is 7.01. The molecular weight excluding hydrogens is 244 g/mol. The minimum atomic E-state index is 0.284. The van der Waals surface area contributed by atoms with E-state index in [0.29, 0.717) is 12.0 Å². The van der Waals surface area contributed by atoms with Crippen LogP contribution in [0.3, 0.4) is 0 Å². The van der Waals surface area contributed by atoms with Crippen LogP contribution in [0.15, 0.2) is 18.2 Å². The molecule has 0 radical (unpaired) electrons. The minimum absolute atomic E-state index is 0.284. The van der Waals surface area contributed by atoms with Crippen LogP contribution in [-0.2, 0) is 0 Å². The van der Waals surface area contributed by atoms with Gasteiger partial charge >= 0.3 is 0 Å². The van der Waals surface area contributed by atoms with Crippen molar-refractivity contribution in [2.75, 3.05) is 18.5 Å². The van der Waals surface area contributed by atoms with Crippen LogP contribution in [0.2, 0.25) is 0 Å². The van der Waals surface area contributed by atoms with Crippen LogP contribution < -0.4 is 10.6 Å². The van der Waals surface area contributed by atoms with Crippen molar-refractivity contribution in [1.82, 2.24) is 0 Å². The summed E-state index contributed by atoms with van der Waals surface area (Å²) in [4.78, 5) is 2.39. The van der Waals surface area contributed by atoms with Crippen molar-refractivity contribution in [1.29, 1.82) is 0 Å². The van der Waals surface area contributed by atoms with Crippen LogP contribution in [-0.4, -0.2) is 19.6 Å². The van der Waals surface area contributed by atoms with E-state index in [2.05, 4.69) is 57.8 Å². The Morgan fingerprint density at radius 1 is 1.30 bits per heavy atom. The van der Waals surface area contributed by atoms with Gasteiger partial charge in [0.15, 0.2) is 0 Å². The zero-order chi connectivity index (χ0) is 14.9. The Kier molecular flexibility index (Phi) is 4.43. The molecule has 0 aromatic heterocycles. The molecule has 0 saturated heterocycles. The van der Waals surface area contributed by atoms with Gasteiger partial charge in [-0.2, -0.15) is 0 Å². The summed E-state index contributed by atoms with van der Waals surface area (Å²) in [6.45, 7) is 10.1. The van der Waals surface area contributed by atoms with Crippen molar-refractivity contribution < 1.29 is 0 Å². The van der Waals surface area contributed by atoms with Gasteiger partial charge in [0.1, 0.15) is 0 Å². The Morgan fingerprint density at radius 3 is 2.65 bits per heavy atom. The number of hydrogen-bond acceptors (Lipinski definition) is 2. The monoisotopic (exact) mass is 274 g/mol. The summed E-state index contributed by atoms with van der Waals surface area (Å²) in [5.74, 6) is 0.601. The predicted octanol–water partition coefficient (Wildman–Crippen LogP) is 3.89. The molecule has 2 nitrogen and oxygen atoms in total. The summed E-state index contributed by atoms with van der Waals surface area (Å²) < 4.78 is 0. The molecule has 1 aliphatic rings. The fourth-order valence-electron chi connectivity index (χ4n) is 3.69. The topological polar surface area (TPSA) is 29.3 Å². The first-order chi connectivity index (χ1) is 9.31. The minimum Gasteiger partial charge on any atom is -0.374 e. The molecule has 0 amide bonds. The lowest BCUT2D eigenvalue weighted by Crippen LogP contribution is -2.49. The predicted molar refractivity (Wildman–Crippen MR) is 88.3 cm³/mol. The Balaban J connectivity index is 2.09. The molecule has 1 saturated carbocycles. The molecule has 2 heteroatoms. The van der Waals surface area contributed by atoms with Crippen molar-refractivity contribution in [3.63, 3.8) is 0 Å². The number of hydrogen-bond donors (Lipinski definition) is 1. The normalized spacial score (nSPS) is 25.5. The molecule has 1 aromatic rings. The Morgan fingerprint density at radius 2 is 2.00 bits per heavy atom. The average Bonchev–Trinajstić information content (AvgIpc) is 2.34. The van der Waals surface area contributed by atoms with Crippen LogP contribution in [0.25, 0.3) is 0 Å². The Hall–Kier alpha value is -1.02. The SMILES string of the molecule is Cc1ccc(N(C)CC2CCCC(C)(C)C2N)c(C)c1. The lowest BCUT2D eigenvalue weighted by atomic mass is 9.68. The fourth-order valence-corrected chi connectivity index (χ4v) is 3.69. The molecule has 2 N–H and O–H groups in total. The molecule has 2 unspecified atom stereocenters. The quantitative estimate of drug-likeness (QED) is 0.906. The zero-order valence-electron chi connectivity index (χ0n) is 13.7. The number of aryl methyl sites for hydroxylation is 2. The summed E-state index contributed by atoms with van der Waals surface area (Å²) >= 11 is 0. The molecule has 0 bridgehead atoms. The molecule has 2 atom stereocenters. The van der Waals surface area contributed by atoms with Crippen molar-refractivity contribution in [2.24, 2.45) is 17.1 Å². The van der Waals surface area contributed by atoms with E-state index in [0.717, 1.165) is 6.54 Å². The molecule has 0 aliphatic heterocycles. The van der Waals surface area contributed by atoms with Crippen molar-refractivity contribution in [2.45, 2.75) is 53.0 Å². The highest BCUT2D eigenvalue weighted by Crippen LogP contribution is 2.38. The van der Waals surface area contributed by atoms with E-state index in [9.17, 15) is 0 Å². The first kappa shape index (κ1) is 15.4. The molecule has 112 valence electrons. The van der Waals surface area contributed by atoms with Gasteiger partial charge in [-0.1, -0.05) is 38.0 Å². The van der Waals surface area contributed by atoms with Crippen molar-refractivity contribution >= 4 is 5.69 Å². The smallest absolute Gasteiger partial charge is 0.0393 e. The van der Waals surface area contributed by atoms with Crippen molar-refractivity contribution in [3.8, 4) is 0 Å². The third-order valence-electron chi connectivity index (χ3n) is 5.08. The van der Waals surface area contributed by atoms with E-state index in [1.54, 1.807) is 0 Å². The third kappa shape index (κ3) is 3.17. The molecule has 20 heavy (non-hydrogen) atoms. The van der Waals surface area contributed by atoms with Gasteiger partial charge < -0.3 is 10.6 Å². The van der Waals surface area contributed by atoms with Gasteiger partial charge in [0.2, 0.25) is 0 Å². The van der Waals surface area contributed by atoms with E-state index < -0.39 is 0 Å². The summed E-state index contributed by atoms with van der Waals surface area (Å²) in [5, 5.41) is 0. The maximum Gasteiger partial charge on any atom is 0.0393 e. The van der Waals surface area contributed by atoms with Gasteiger partial charge in [-0.3, -0.25) is 0 Å². The molecule has 2 rings (SSSR count). The van der Waals surface area contributed by atoms with Gasteiger partial charge in [-0.15, -0.1) is 0 Å². The number of rotatable bonds is 3. The molecule has 1 aromatic carbocycles. The maximum absolute atomic E-state index is 6.52. The van der Waals surface area contributed by atoms with E-state index in [4.69, 9.17) is 5.73 Å². The van der Waals surface area contributed by atoms with Crippen LogP contribution in [0.4, 0.5) is 5.69 Å². The zero-order valence-corrected chi connectivity index (χ0v) is 13.7. The lowest BCUT2D eigenvalue weighted by molar-refractivity contribution is 0.142. The maximum atomic E-state index is 6.52. The Labute approximate surface area is 124 Å². The number of anilines is 1. The largest absolute Gasteiger partial charge is 0.374 e. The van der Waals surface area contributed by atoms with E-state index >= 15 is 0 Å². The Bertz CT molecular complexity index is 464. The van der Waals surface area contributed by atoms with E-state index in [1.165, 1.54) is 36.1 Å². The molecule has 0 heterocycles. The first-order valence-corrected chi connectivity index (χ1v) is 7.85. The number of nitrogens with zero attached hydrogens (tertiary/aromatic N) is 1. The van der Waals surface area contributed by atoms with E-state index in [1.807, 2.05) is 0 Å². The highest BCUT2D eigenvalue weighted by molar-refractivity contribution is 5.53. The van der Waals surface area contributed by atoms with Gasteiger partial charge in [-0.05, 0) is 49.7 Å². The number of nitrogens with two attached hydrogens (primary N) is 1. The lowest BCUT2D eigenvalue weighted by Gasteiger charge is -2.43. The third-order valence-corrected chi connectivity index (χ3v) is 5.08. The second-order valence-corrected chi connectivity index (χ2v) is 7.34. The van der Waals surface area contributed by atoms with Gasteiger partial charge in [0.05, 0.1) is 0 Å². The van der Waals surface area contributed by atoms with Gasteiger partial charge in [0, 0.05) is 25.3 Å². The molecular formula is C18H30N2. The van der Waals surface area contributed by atoms with Gasteiger partial charge in [0.25, 0.3) is 0 Å². The second-order valence-electron chi connectivity index (χ2n) is 7.34. The fraction of sp³-hybridized carbons (Fsp3) is 0.667. The van der Waals surface area contributed by atoms with Crippen LogP contribution in [0.1, 0.15) is 44.2 Å².